The number of hydrogen-bond donors (Lipinski definition) is 1. The highest BCUT2D eigenvalue weighted by Crippen LogP contribution is 2.36. The van der Waals surface area contributed by atoms with Gasteiger partial charge in [-0.15, -0.1) is 11.3 Å². The lowest BCUT2D eigenvalue weighted by Crippen LogP contribution is -2.47. The molecule has 0 bridgehead atoms. The number of thiazole rings is 1. The first-order chi connectivity index (χ1) is 14.5. The Morgan fingerprint density at radius 2 is 1.67 bits per heavy atom. The van der Waals surface area contributed by atoms with Crippen LogP contribution in [0, 0.1) is 5.92 Å². The molecule has 4 rings (SSSR count). The summed E-state index contributed by atoms with van der Waals surface area (Å²) in [5.74, 6) is 0.286. The zero-order valence-corrected chi connectivity index (χ0v) is 18.6. The van der Waals surface area contributed by atoms with Gasteiger partial charge in [0, 0.05) is 42.5 Å². The molecule has 2 aliphatic heterocycles. The number of likely N-dealkylation sites (tertiary alicyclic amines) is 2. The van der Waals surface area contributed by atoms with Gasteiger partial charge in [-0.1, -0.05) is 44.2 Å². The van der Waals surface area contributed by atoms with Crippen LogP contribution in [0.4, 0.5) is 9.93 Å². The summed E-state index contributed by atoms with van der Waals surface area (Å²) < 4.78 is 0. The Bertz CT molecular complexity index is 882. The first kappa shape index (κ1) is 20.8. The summed E-state index contributed by atoms with van der Waals surface area (Å²) in [5.41, 5.74) is 2.03. The molecule has 0 aliphatic carbocycles. The molecule has 160 valence electrons. The molecular formula is C23H30N4O2S. The lowest BCUT2D eigenvalue weighted by molar-refractivity contribution is -0.121. The number of benzene rings is 1. The number of carbonyl (C=O) groups is 2. The van der Waals surface area contributed by atoms with Crippen LogP contribution in [-0.4, -0.2) is 52.9 Å². The summed E-state index contributed by atoms with van der Waals surface area (Å²) in [6.07, 6.45) is 3.61. The second-order valence-electron chi connectivity index (χ2n) is 8.48. The van der Waals surface area contributed by atoms with Crippen LogP contribution in [-0.2, 0) is 4.79 Å². The van der Waals surface area contributed by atoms with Crippen molar-refractivity contribution in [1.29, 1.82) is 0 Å². The minimum Gasteiger partial charge on any atom is -0.325 e. The molecule has 3 heterocycles. The van der Waals surface area contributed by atoms with E-state index in [0.717, 1.165) is 37.2 Å². The fourth-order valence-corrected chi connectivity index (χ4v) is 5.22. The number of anilines is 1. The molecular weight excluding hydrogens is 396 g/mol. The first-order valence-electron chi connectivity index (χ1n) is 10.9. The van der Waals surface area contributed by atoms with E-state index in [1.165, 1.54) is 4.88 Å². The SMILES string of the molecule is CC(C)c1sc(NC(=O)C2CCN(C(=O)N3CCCC3)CC2)nc1-c1ccccc1. The average molecular weight is 427 g/mol. The monoisotopic (exact) mass is 426 g/mol. The van der Waals surface area contributed by atoms with Gasteiger partial charge < -0.3 is 15.1 Å². The number of nitrogens with zero attached hydrogens (tertiary/aromatic N) is 3. The number of carbonyl (C=O) groups excluding carboxylic acids is 2. The topological polar surface area (TPSA) is 65.5 Å². The smallest absolute Gasteiger partial charge is 0.319 e. The Morgan fingerprint density at radius 3 is 2.30 bits per heavy atom. The Kier molecular flexibility index (Phi) is 6.37. The van der Waals surface area contributed by atoms with E-state index in [1.54, 1.807) is 11.3 Å². The van der Waals surface area contributed by atoms with Crippen LogP contribution in [0.1, 0.15) is 50.3 Å². The molecule has 3 amide bonds. The van der Waals surface area contributed by atoms with Crippen molar-refractivity contribution >= 4 is 28.4 Å². The molecule has 2 fully saturated rings. The zero-order chi connectivity index (χ0) is 21.1. The number of amides is 3. The van der Waals surface area contributed by atoms with Gasteiger partial charge in [0.05, 0.1) is 5.69 Å². The van der Waals surface area contributed by atoms with Gasteiger partial charge in [-0.05, 0) is 31.6 Å². The maximum Gasteiger partial charge on any atom is 0.319 e. The van der Waals surface area contributed by atoms with Crippen molar-refractivity contribution in [3.8, 4) is 11.3 Å². The Labute approximate surface area is 182 Å². The lowest BCUT2D eigenvalue weighted by Gasteiger charge is -2.33. The Hall–Kier alpha value is -2.41. The lowest BCUT2D eigenvalue weighted by atomic mass is 9.96. The Balaban J connectivity index is 1.38. The van der Waals surface area contributed by atoms with E-state index in [1.807, 2.05) is 28.0 Å². The summed E-state index contributed by atoms with van der Waals surface area (Å²) >= 11 is 1.56. The van der Waals surface area contributed by atoms with Crippen LogP contribution in [0.2, 0.25) is 0 Å². The molecule has 1 aromatic carbocycles. The molecule has 30 heavy (non-hydrogen) atoms. The van der Waals surface area contributed by atoms with Crippen molar-refractivity contribution in [3.05, 3.63) is 35.2 Å². The van der Waals surface area contributed by atoms with Crippen LogP contribution >= 0.6 is 11.3 Å². The highest BCUT2D eigenvalue weighted by Gasteiger charge is 2.31. The first-order valence-corrected chi connectivity index (χ1v) is 11.8. The van der Waals surface area contributed by atoms with Crippen molar-refractivity contribution in [2.45, 2.75) is 45.4 Å². The predicted molar refractivity (Wildman–Crippen MR) is 121 cm³/mol. The van der Waals surface area contributed by atoms with Crippen LogP contribution < -0.4 is 5.32 Å². The third-order valence-corrected chi connectivity index (χ3v) is 7.24. The number of nitrogens with one attached hydrogen (secondary N) is 1. The highest BCUT2D eigenvalue weighted by molar-refractivity contribution is 7.16. The largest absolute Gasteiger partial charge is 0.325 e. The van der Waals surface area contributed by atoms with Gasteiger partial charge >= 0.3 is 6.03 Å². The molecule has 2 saturated heterocycles. The van der Waals surface area contributed by atoms with Gasteiger partial charge in [0.15, 0.2) is 5.13 Å². The van der Waals surface area contributed by atoms with E-state index in [0.29, 0.717) is 37.0 Å². The fraction of sp³-hybridized carbons (Fsp3) is 0.522. The van der Waals surface area contributed by atoms with Crippen molar-refractivity contribution in [3.63, 3.8) is 0 Å². The van der Waals surface area contributed by atoms with E-state index >= 15 is 0 Å². The number of piperidine rings is 1. The van der Waals surface area contributed by atoms with Crippen LogP contribution in [0.3, 0.4) is 0 Å². The molecule has 1 aromatic heterocycles. The van der Waals surface area contributed by atoms with Gasteiger partial charge in [0.25, 0.3) is 0 Å². The third-order valence-electron chi connectivity index (χ3n) is 5.97. The van der Waals surface area contributed by atoms with Crippen LogP contribution in [0.25, 0.3) is 11.3 Å². The summed E-state index contributed by atoms with van der Waals surface area (Å²) in [4.78, 5) is 35.2. The molecule has 0 saturated carbocycles. The molecule has 6 nitrogen and oxygen atoms in total. The van der Waals surface area contributed by atoms with Crippen LogP contribution in [0.5, 0.6) is 0 Å². The second-order valence-corrected chi connectivity index (χ2v) is 9.51. The quantitative estimate of drug-likeness (QED) is 0.764. The minimum atomic E-state index is -0.0702. The van der Waals surface area contributed by atoms with E-state index < -0.39 is 0 Å². The maximum absolute atomic E-state index is 12.9. The van der Waals surface area contributed by atoms with E-state index in [9.17, 15) is 9.59 Å². The fourth-order valence-electron chi connectivity index (χ4n) is 4.23. The van der Waals surface area contributed by atoms with Crippen molar-refractivity contribution in [2.24, 2.45) is 5.92 Å². The average Bonchev–Trinajstić information content (AvgIpc) is 3.44. The number of urea groups is 1. The number of rotatable bonds is 4. The Morgan fingerprint density at radius 1 is 1.03 bits per heavy atom. The third kappa shape index (κ3) is 4.51. The predicted octanol–water partition coefficient (Wildman–Crippen LogP) is 4.80. The molecule has 1 N–H and O–H groups in total. The standard InChI is InChI=1S/C23H30N4O2S/c1-16(2)20-19(17-8-4-3-5-9-17)24-22(30-20)25-21(28)18-10-14-27(15-11-18)23(29)26-12-6-7-13-26/h3-5,8-9,16,18H,6-7,10-15H2,1-2H3,(H,24,25,28). The van der Waals surface area contributed by atoms with Gasteiger partial charge in [-0.2, -0.15) is 0 Å². The summed E-state index contributed by atoms with van der Waals surface area (Å²) in [7, 11) is 0. The number of aromatic nitrogens is 1. The minimum absolute atomic E-state index is 0.0203. The molecule has 2 aromatic rings. The van der Waals surface area contributed by atoms with Crippen molar-refractivity contribution in [1.82, 2.24) is 14.8 Å². The van der Waals surface area contributed by atoms with E-state index in [4.69, 9.17) is 4.98 Å². The zero-order valence-electron chi connectivity index (χ0n) is 17.8. The second kappa shape index (κ2) is 9.16. The molecule has 0 spiro atoms. The summed E-state index contributed by atoms with van der Waals surface area (Å²) in [6, 6.07) is 10.3. The van der Waals surface area contributed by atoms with Crippen molar-refractivity contribution in [2.75, 3.05) is 31.5 Å². The molecule has 2 aliphatic rings. The van der Waals surface area contributed by atoms with Gasteiger partial charge in [0.1, 0.15) is 0 Å². The molecule has 0 radical (unpaired) electrons. The summed E-state index contributed by atoms with van der Waals surface area (Å²) in [5, 5.41) is 3.72. The normalized spacial score (nSPS) is 17.6. The van der Waals surface area contributed by atoms with Gasteiger partial charge in [0.2, 0.25) is 5.91 Å². The van der Waals surface area contributed by atoms with E-state index in [-0.39, 0.29) is 17.9 Å². The maximum atomic E-state index is 12.9. The highest BCUT2D eigenvalue weighted by atomic mass is 32.1. The summed E-state index contributed by atoms with van der Waals surface area (Å²) in [6.45, 7) is 7.34. The molecule has 7 heteroatoms. The molecule has 0 unspecified atom stereocenters. The van der Waals surface area contributed by atoms with E-state index in [2.05, 4.69) is 31.3 Å². The van der Waals surface area contributed by atoms with Gasteiger partial charge in [-0.25, -0.2) is 9.78 Å². The number of hydrogen-bond acceptors (Lipinski definition) is 4. The molecule has 0 atom stereocenters. The van der Waals surface area contributed by atoms with Crippen LogP contribution in [0.15, 0.2) is 30.3 Å². The van der Waals surface area contributed by atoms with Gasteiger partial charge in [-0.3, -0.25) is 4.79 Å². The van der Waals surface area contributed by atoms with Crippen molar-refractivity contribution < 1.29 is 9.59 Å².